The Labute approximate surface area is 125 Å². The van der Waals surface area contributed by atoms with Gasteiger partial charge in [-0.2, -0.15) is 0 Å². The van der Waals surface area contributed by atoms with Gasteiger partial charge in [-0.1, -0.05) is 23.8 Å². The number of rotatable bonds is 7. The number of halogens is 1. The van der Waals surface area contributed by atoms with Crippen molar-refractivity contribution in [2.75, 3.05) is 7.11 Å². The lowest BCUT2D eigenvalue weighted by Gasteiger charge is -2.19. The molecule has 0 saturated carbocycles. The first-order valence-corrected chi connectivity index (χ1v) is 7.07. The van der Waals surface area contributed by atoms with Gasteiger partial charge in [0.05, 0.1) is 19.1 Å². The molecule has 0 radical (unpaired) electrons. The maximum atomic E-state index is 12.8. The number of benzene rings is 1. The van der Waals surface area contributed by atoms with Crippen LogP contribution in [0.4, 0.5) is 4.39 Å². The quantitative estimate of drug-likeness (QED) is 0.620. The molecule has 0 aliphatic carbocycles. The number of esters is 1. The van der Waals surface area contributed by atoms with Gasteiger partial charge in [-0.15, -0.1) is 0 Å². The standard InChI is InChI=1S/C17H23FO3/c1-12(2)4-10-15(17(20)21-3)16(19)11-7-13-5-8-14(18)9-6-13/h4-6,8-9,15-16,19H,7,10-11H2,1-3H3. The smallest absolute Gasteiger partial charge is 0.311 e. The molecule has 0 spiro atoms. The van der Waals surface area contributed by atoms with Crippen LogP contribution in [0, 0.1) is 11.7 Å². The highest BCUT2D eigenvalue weighted by Crippen LogP contribution is 2.18. The van der Waals surface area contributed by atoms with Crippen LogP contribution in [0.15, 0.2) is 35.9 Å². The van der Waals surface area contributed by atoms with E-state index in [2.05, 4.69) is 0 Å². The molecule has 0 bridgehead atoms. The summed E-state index contributed by atoms with van der Waals surface area (Å²) < 4.78 is 17.6. The molecule has 2 atom stereocenters. The zero-order valence-corrected chi connectivity index (χ0v) is 12.8. The minimum atomic E-state index is -0.780. The van der Waals surface area contributed by atoms with E-state index >= 15 is 0 Å². The van der Waals surface area contributed by atoms with Crippen molar-refractivity contribution in [2.45, 2.75) is 39.2 Å². The molecule has 0 fully saturated rings. The van der Waals surface area contributed by atoms with E-state index in [0.717, 1.165) is 11.1 Å². The maximum Gasteiger partial charge on any atom is 0.311 e. The maximum absolute atomic E-state index is 12.8. The van der Waals surface area contributed by atoms with Gasteiger partial charge in [-0.3, -0.25) is 4.79 Å². The molecule has 0 aliphatic rings. The summed E-state index contributed by atoms with van der Waals surface area (Å²) in [5.74, 6) is -1.25. The first kappa shape index (κ1) is 17.4. The summed E-state index contributed by atoms with van der Waals surface area (Å²) in [6.45, 7) is 3.89. The minimum Gasteiger partial charge on any atom is -0.469 e. The van der Waals surface area contributed by atoms with Crippen molar-refractivity contribution >= 4 is 5.97 Å². The molecular formula is C17H23FO3. The van der Waals surface area contributed by atoms with Crippen LogP contribution in [0.3, 0.4) is 0 Å². The van der Waals surface area contributed by atoms with E-state index < -0.39 is 18.0 Å². The monoisotopic (exact) mass is 294 g/mol. The number of hydrogen-bond donors (Lipinski definition) is 1. The van der Waals surface area contributed by atoms with Gasteiger partial charge in [-0.25, -0.2) is 4.39 Å². The van der Waals surface area contributed by atoms with Gasteiger partial charge in [0.1, 0.15) is 5.82 Å². The average molecular weight is 294 g/mol. The molecule has 1 aromatic rings. The van der Waals surface area contributed by atoms with Crippen molar-refractivity contribution < 1.29 is 19.0 Å². The highest BCUT2D eigenvalue weighted by molar-refractivity contribution is 5.73. The predicted molar refractivity (Wildman–Crippen MR) is 80.3 cm³/mol. The number of aliphatic hydroxyl groups is 1. The van der Waals surface area contributed by atoms with E-state index in [1.807, 2.05) is 19.9 Å². The summed E-state index contributed by atoms with van der Waals surface area (Å²) in [4.78, 5) is 11.8. The lowest BCUT2D eigenvalue weighted by atomic mass is 9.93. The summed E-state index contributed by atoms with van der Waals surface area (Å²) in [6, 6.07) is 6.15. The first-order chi connectivity index (χ1) is 9.93. The number of hydrogen-bond acceptors (Lipinski definition) is 3. The number of methoxy groups -OCH3 is 1. The normalized spacial score (nSPS) is 13.4. The molecule has 0 amide bonds. The third-order valence-corrected chi connectivity index (χ3v) is 3.39. The van der Waals surface area contributed by atoms with Gasteiger partial charge in [0.2, 0.25) is 0 Å². The molecule has 1 N–H and O–H groups in total. The molecule has 0 heterocycles. The highest BCUT2D eigenvalue weighted by atomic mass is 19.1. The second-order valence-corrected chi connectivity index (χ2v) is 5.38. The topological polar surface area (TPSA) is 46.5 Å². The zero-order valence-electron chi connectivity index (χ0n) is 12.8. The fraction of sp³-hybridized carbons (Fsp3) is 0.471. The second kappa shape index (κ2) is 8.57. The Balaban J connectivity index is 2.63. The van der Waals surface area contributed by atoms with Crippen LogP contribution in [-0.2, 0) is 16.0 Å². The van der Waals surface area contributed by atoms with Crippen LogP contribution in [0.1, 0.15) is 32.3 Å². The van der Waals surface area contributed by atoms with Gasteiger partial charge in [-0.05, 0) is 50.8 Å². The fourth-order valence-electron chi connectivity index (χ4n) is 2.09. The second-order valence-electron chi connectivity index (χ2n) is 5.38. The Morgan fingerprint density at radius 1 is 1.33 bits per heavy atom. The highest BCUT2D eigenvalue weighted by Gasteiger charge is 2.26. The lowest BCUT2D eigenvalue weighted by molar-refractivity contribution is -0.149. The Hall–Kier alpha value is -1.68. The molecule has 21 heavy (non-hydrogen) atoms. The molecule has 0 aliphatic heterocycles. The number of aryl methyl sites for hydroxylation is 1. The molecule has 1 aromatic carbocycles. The number of carbonyl (C=O) groups excluding carboxylic acids is 1. The van der Waals surface area contributed by atoms with E-state index in [1.165, 1.54) is 19.2 Å². The van der Waals surface area contributed by atoms with Crippen LogP contribution in [-0.4, -0.2) is 24.3 Å². The summed E-state index contributed by atoms with van der Waals surface area (Å²) >= 11 is 0. The molecule has 1 rings (SSSR count). The summed E-state index contributed by atoms with van der Waals surface area (Å²) in [7, 11) is 1.32. The summed E-state index contributed by atoms with van der Waals surface area (Å²) in [5, 5.41) is 10.2. The molecule has 2 unspecified atom stereocenters. The Morgan fingerprint density at radius 2 is 1.95 bits per heavy atom. The van der Waals surface area contributed by atoms with Crippen molar-refractivity contribution in [3.05, 3.63) is 47.3 Å². The molecular weight excluding hydrogens is 271 g/mol. The molecule has 4 heteroatoms. The Morgan fingerprint density at radius 3 is 2.48 bits per heavy atom. The van der Waals surface area contributed by atoms with E-state index in [9.17, 15) is 14.3 Å². The van der Waals surface area contributed by atoms with E-state index in [-0.39, 0.29) is 5.82 Å². The van der Waals surface area contributed by atoms with Crippen LogP contribution in [0.5, 0.6) is 0 Å². The Bertz CT molecular complexity index is 475. The Kier molecular flexibility index (Phi) is 7.09. The number of allylic oxidation sites excluding steroid dienone is 2. The average Bonchev–Trinajstić information content (AvgIpc) is 2.46. The summed E-state index contributed by atoms with van der Waals surface area (Å²) in [6.07, 6.45) is 2.62. The first-order valence-electron chi connectivity index (χ1n) is 7.07. The molecule has 3 nitrogen and oxygen atoms in total. The van der Waals surface area contributed by atoms with E-state index in [0.29, 0.717) is 19.3 Å². The number of carbonyl (C=O) groups is 1. The zero-order chi connectivity index (χ0) is 15.8. The minimum absolute atomic E-state index is 0.282. The van der Waals surface area contributed by atoms with Gasteiger partial charge < -0.3 is 9.84 Å². The van der Waals surface area contributed by atoms with Crippen molar-refractivity contribution in [2.24, 2.45) is 5.92 Å². The largest absolute Gasteiger partial charge is 0.469 e. The van der Waals surface area contributed by atoms with Crippen LogP contribution < -0.4 is 0 Å². The molecule has 116 valence electrons. The molecule has 0 saturated heterocycles. The van der Waals surface area contributed by atoms with Gasteiger partial charge in [0.15, 0.2) is 0 Å². The van der Waals surface area contributed by atoms with Crippen LogP contribution in [0.2, 0.25) is 0 Å². The van der Waals surface area contributed by atoms with Gasteiger partial charge >= 0.3 is 5.97 Å². The molecule has 0 aromatic heterocycles. The lowest BCUT2D eigenvalue weighted by Crippen LogP contribution is -2.29. The van der Waals surface area contributed by atoms with Gasteiger partial charge in [0, 0.05) is 0 Å². The van der Waals surface area contributed by atoms with Crippen LogP contribution in [0.25, 0.3) is 0 Å². The van der Waals surface area contributed by atoms with Crippen LogP contribution >= 0.6 is 0 Å². The van der Waals surface area contributed by atoms with E-state index in [1.54, 1.807) is 12.1 Å². The van der Waals surface area contributed by atoms with Crippen molar-refractivity contribution in [3.8, 4) is 0 Å². The van der Waals surface area contributed by atoms with Gasteiger partial charge in [0.25, 0.3) is 0 Å². The number of aliphatic hydroxyl groups excluding tert-OH is 1. The third-order valence-electron chi connectivity index (χ3n) is 3.39. The summed E-state index contributed by atoms with van der Waals surface area (Å²) in [5.41, 5.74) is 2.02. The third kappa shape index (κ3) is 6.08. The van der Waals surface area contributed by atoms with Crippen molar-refractivity contribution in [1.29, 1.82) is 0 Å². The number of ether oxygens (including phenoxy) is 1. The van der Waals surface area contributed by atoms with E-state index in [4.69, 9.17) is 4.74 Å². The fourth-order valence-corrected chi connectivity index (χ4v) is 2.09. The SMILES string of the molecule is COC(=O)C(CC=C(C)C)C(O)CCc1ccc(F)cc1. The predicted octanol–water partition coefficient (Wildman–Crippen LogP) is 3.26. The van der Waals surface area contributed by atoms with Crippen molar-refractivity contribution in [3.63, 3.8) is 0 Å². The van der Waals surface area contributed by atoms with Crippen molar-refractivity contribution in [1.82, 2.24) is 0 Å².